The van der Waals surface area contributed by atoms with Gasteiger partial charge in [-0.2, -0.15) is 0 Å². The number of benzene rings is 1. The molecule has 116 valence electrons. The normalized spacial score (nSPS) is 17.3. The van der Waals surface area contributed by atoms with Gasteiger partial charge < -0.3 is 10.1 Å². The molecule has 1 atom stereocenters. The molecule has 0 bridgehead atoms. The first-order valence-corrected chi connectivity index (χ1v) is 8.50. The van der Waals surface area contributed by atoms with Crippen molar-refractivity contribution < 1.29 is 9.53 Å². The van der Waals surface area contributed by atoms with Gasteiger partial charge in [-0.05, 0) is 56.9 Å². The van der Waals surface area contributed by atoms with Gasteiger partial charge in [-0.25, -0.2) is 0 Å². The molecule has 1 amide bonds. The number of hydrogen-bond acceptors (Lipinski definition) is 2. The maximum atomic E-state index is 12.3. The van der Waals surface area contributed by atoms with Crippen molar-refractivity contribution in [1.29, 1.82) is 0 Å². The van der Waals surface area contributed by atoms with Crippen LogP contribution >= 0.6 is 15.9 Å². The number of hydrogen-bond donors (Lipinski definition) is 1. The lowest BCUT2D eigenvalue weighted by Gasteiger charge is -2.25. The lowest BCUT2D eigenvalue weighted by molar-refractivity contribution is -0.128. The predicted molar refractivity (Wildman–Crippen MR) is 88.7 cm³/mol. The smallest absolute Gasteiger partial charge is 0.260 e. The highest BCUT2D eigenvalue weighted by molar-refractivity contribution is 9.10. The van der Waals surface area contributed by atoms with E-state index < -0.39 is 6.10 Å². The summed E-state index contributed by atoms with van der Waals surface area (Å²) in [7, 11) is 0. The van der Waals surface area contributed by atoms with E-state index in [1.807, 2.05) is 32.9 Å². The van der Waals surface area contributed by atoms with Crippen molar-refractivity contribution >= 4 is 21.8 Å². The van der Waals surface area contributed by atoms with Crippen LogP contribution in [0.25, 0.3) is 0 Å². The monoisotopic (exact) mass is 353 g/mol. The van der Waals surface area contributed by atoms with E-state index in [0.717, 1.165) is 34.2 Å². The molecular weight excluding hydrogens is 330 g/mol. The van der Waals surface area contributed by atoms with Gasteiger partial charge in [0.15, 0.2) is 6.10 Å². The fourth-order valence-corrected chi connectivity index (χ4v) is 3.57. The van der Waals surface area contributed by atoms with Crippen molar-refractivity contribution in [2.45, 2.75) is 65.0 Å². The number of halogens is 1. The van der Waals surface area contributed by atoms with E-state index in [2.05, 4.69) is 21.2 Å². The largest absolute Gasteiger partial charge is 0.480 e. The summed E-state index contributed by atoms with van der Waals surface area (Å²) in [6.45, 7) is 5.82. The quantitative estimate of drug-likeness (QED) is 0.876. The first-order valence-electron chi connectivity index (χ1n) is 7.71. The highest BCUT2D eigenvalue weighted by Crippen LogP contribution is 2.28. The second-order valence-electron chi connectivity index (χ2n) is 5.97. The Morgan fingerprint density at radius 3 is 2.38 bits per heavy atom. The van der Waals surface area contributed by atoms with Crippen LogP contribution in [-0.4, -0.2) is 18.1 Å². The van der Waals surface area contributed by atoms with Crippen LogP contribution in [0, 0.1) is 13.8 Å². The molecule has 2 rings (SSSR count). The SMILES string of the molecule is Cc1cc(Br)cc(C)c1OC(C)C(=O)NC1CCCCC1. The molecule has 1 aliphatic rings. The molecule has 0 aliphatic heterocycles. The molecule has 4 heteroatoms. The number of rotatable bonds is 4. The highest BCUT2D eigenvalue weighted by Gasteiger charge is 2.21. The lowest BCUT2D eigenvalue weighted by atomic mass is 9.95. The minimum absolute atomic E-state index is 0.0105. The zero-order valence-electron chi connectivity index (χ0n) is 13.0. The van der Waals surface area contributed by atoms with Gasteiger partial charge >= 0.3 is 0 Å². The van der Waals surface area contributed by atoms with E-state index in [1.165, 1.54) is 19.3 Å². The van der Waals surface area contributed by atoms with Gasteiger partial charge in [0.05, 0.1) is 0 Å². The third-order valence-corrected chi connectivity index (χ3v) is 4.50. The molecule has 1 aromatic carbocycles. The molecule has 0 heterocycles. The minimum Gasteiger partial charge on any atom is -0.480 e. The molecule has 0 aromatic heterocycles. The van der Waals surface area contributed by atoms with Crippen molar-refractivity contribution in [2.75, 3.05) is 0 Å². The summed E-state index contributed by atoms with van der Waals surface area (Å²) >= 11 is 3.47. The molecule has 3 nitrogen and oxygen atoms in total. The average molecular weight is 354 g/mol. The molecule has 1 aromatic rings. The van der Waals surface area contributed by atoms with Crippen LogP contribution in [0.2, 0.25) is 0 Å². The molecule has 0 saturated heterocycles. The fourth-order valence-electron chi connectivity index (χ4n) is 2.88. The van der Waals surface area contributed by atoms with Crippen molar-refractivity contribution in [3.8, 4) is 5.75 Å². The van der Waals surface area contributed by atoms with E-state index in [0.29, 0.717) is 6.04 Å². The Hall–Kier alpha value is -1.03. The van der Waals surface area contributed by atoms with Gasteiger partial charge in [0.25, 0.3) is 5.91 Å². The summed E-state index contributed by atoms with van der Waals surface area (Å²) in [5.74, 6) is 0.799. The molecule has 1 fully saturated rings. The molecule has 21 heavy (non-hydrogen) atoms. The summed E-state index contributed by atoms with van der Waals surface area (Å²) < 4.78 is 6.93. The Morgan fingerprint density at radius 2 is 1.81 bits per heavy atom. The first kappa shape index (κ1) is 16.3. The van der Waals surface area contributed by atoms with Crippen LogP contribution in [0.3, 0.4) is 0 Å². The van der Waals surface area contributed by atoms with Gasteiger partial charge in [-0.15, -0.1) is 0 Å². The third kappa shape index (κ3) is 4.47. The maximum Gasteiger partial charge on any atom is 0.260 e. The Morgan fingerprint density at radius 1 is 1.24 bits per heavy atom. The van der Waals surface area contributed by atoms with E-state index in [4.69, 9.17) is 4.74 Å². The van der Waals surface area contributed by atoms with Crippen LogP contribution in [0.15, 0.2) is 16.6 Å². The van der Waals surface area contributed by atoms with Crippen LogP contribution in [0.4, 0.5) is 0 Å². The van der Waals surface area contributed by atoms with E-state index in [-0.39, 0.29) is 5.91 Å². The number of carbonyl (C=O) groups is 1. The van der Waals surface area contributed by atoms with Crippen LogP contribution in [-0.2, 0) is 4.79 Å². The Labute approximate surface area is 135 Å². The zero-order valence-corrected chi connectivity index (χ0v) is 14.6. The molecular formula is C17H24BrNO2. The Balaban J connectivity index is 1.97. The average Bonchev–Trinajstić information content (AvgIpc) is 2.43. The first-order chi connectivity index (χ1) is 9.97. The summed E-state index contributed by atoms with van der Waals surface area (Å²) in [6, 6.07) is 4.34. The van der Waals surface area contributed by atoms with E-state index in [9.17, 15) is 4.79 Å². The van der Waals surface area contributed by atoms with Crippen molar-refractivity contribution in [3.05, 3.63) is 27.7 Å². The van der Waals surface area contributed by atoms with Gasteiger partial charge in [0.2, 0.25) is 0 Å². The molecule has 1 saturated carbocycles. The van der Waals surface area contributed by atoms with Gasteiger partial charge in [-0.3, -0.25) is 4.79 Å². The third-order valence-electron chi connectivity index (χ3n) is 4.04. The fraction of sp³-hybridized carbons (Fsp3) is 0.588. The Bertz CT molecular complexity index is 487. The highest BCUT2D eigenvalue weighted by atomic mass is 79.9. The lowest BCUT2D eigenvalue weighted by Crippen LogP contribution is -2.43. The van der Waals surface area contributed by atoms with Gasteiger partial charge in [-0.1, -0.05) is 35.2 Å². The maximum absolute atomic E-state index is 12.3. The van der Waals surface area contributed by atoms with E-state index >= 15 is 0 Å². The van der Waals surface area contributed by atoms with Gasteiger partial charge in [0.1, 0.15) is 5.75 Å². The van der Waals surface area contributed by atoms with Crippen LogP contribution in [0.1, 0.15) is 50.2 Å². The molecule has 1 unspecified atom stereocenters. The molecule has 0 radical (unpaired) electrons. The van der Waals surface area contributed by atoms with E-state index in [1.54, 1.807) is 0 Å². The summed E-state index contributed by atoms with van der Waals surface area (Å²) in [4.78, 5) is 12.3. The molecule has 1 N–H and O–H groups in total. The van der Waals surface area contributed by atoms with Crippen LogP contribution in [0.5, 0.6) is 5.75 Å². The number of aryl methyl sites for hydroxylation is 2. The molecule has 1 aliphatic carbocycles. The van der Waals surface area contributed by atoms with Crippen molar-refractivity contribution in [1.82, 2.24) is 5.32 Å². The summed E-state index contributed by atoms with van der Waals surface area (Å²) in [6.07, 6.45) is 5.43. The summed E-state index contributed by atoms with van der Waals surface area (Å²) in [5.41, 5.74) is 2.08. The predicted octanol–water partition coefficient (Wildman–Crippen LogP) is 4.28. The number of nitrogens with one attached hydrogen (secondary N) is 1. The zero-order chi connectivity index (χ0) is 15.4. The second-order valence-corrected chi connectivity index (χ2v) is 6.89. The number of amides is 1. The topological polar surface area (TPSA) is 38.3 Å². The van der Waals surface area contributed by atoms with Gasteiger partial charge in [0, 0.05) is 10.5 Å². The Kier molecular flexibility index (Phi) is 5.68. The van der Waals surface area contributed by atoms with Crippen LogP contribution < -0.4 is 10.1 Å². The van der Waals surface area contributed by atoms with Crippen molar-refractivity contribution in [3.63, 3.8) is 0 Å². The standard InChI is InChI=1S/C17H24BrNO2/c1-11-9-14(18)10-12(2)16(11)21-13(3)17(20)19-15-7-5-4-6-8-15/h9-10,13,15H,4-8H2,1-3H3,(H,19,20). The summed E-state index contributed by atoms with van der Waals surface area (Å²) in [5, 5.41) is 3.12. The van der Waals surface area contributed by atoms with Crippen molar-refractivity contribution in [2.24, 2.45) is 0 Å². The number of carbonyl (C=O) groups excluding carboxylic acids is 1. The number of ether oxygens (including phenoxy) is 1. The second kappa shape index (κ2) is 7.30. The minimum atomic E-state index is -0.467. The molecule has 0 spiro atoms.